The van der Waals surface area contributed by atoms with Crippen LogP contribution in [-0.4, -0.2) is 32.6 Å². The largest absolute Gasteiger partial charge is 0.384 e. The van der Waals surface area contributed by atoms with Gasteiger partial charge in [0.05, 0.1) is 5.69 Å². The zero-order valence-corrected chi connectivity index (χ0v) is 11.8. The Hall–Kier alpha value is -1.55. The quantitative estimate of drug-likeness (QED) is 0.645. The number of ether oxygens (including phenoxy) is 1. The molecule has 0 radical (unpaired) electrons. The number of para-hydroxylation sites is 1. The lowest BCUT2D eigenvalue weighted by Gasteiger charge is -2.35. The molecule has 1 aromatic rings. The second kappa shape index (κ2) is 6.06. The molecule has 1 aliphatic heterocycles. The first-order valence-electron chi connectivity index (χ1n) is 6.81. The van der Waals surface area contributed by atoms with Gasteiger partial charge < -0.3 is 15.4 Å². The molecular weight excluding hydrogens is 238 g/mol. The predicted molar refractivity (Wildman–Crippen MR) is 79.0 cm³/mol. The Bertz CT molecular complexity index is 451. The van der Waals surface area contributed by atoms with Crippen LogP contribution in [0.25, 0.3) is 0 Å². The molecule has 0 bridgehead atoms. The highest BCUT2D eigenvalue weighted by Crippen LogP contribution is 2.29. The van der Waals surface area contributed by atoms with Crippen LogP contribution in [0.1, 0.15) is 24.0 Å². The maximum atomic E-state index is 7.73. The van der Waals surface area contributed by atoms with Crippen molar-refractivity contribution in [1.82, 2.24) is 0 Å². The van der Waals surface area contributed by atoms with E-state index in [1.807, 2.05) is 12.1 Å². The predicted octanol–water partition coefficient (Wildman–Crippen LogP) is 2.14. The lowest BCUT2D eigenvalue weighted by molar-refractivity contribution is 0.139. The molecule has 1 aliphatic rings. The molecule has 0 unspecified atom stereocenters. The summed E-state index contributed by atoms with van der Waals surface area (Å²) in [5.74, 6) is 0.809. The molecule has 0 atom stereocenters. The monoisotopic (exact) mass is 261 g/mol. The first kappa shape index (κ1) is 13.9. The zero-order chi connectivity index (χ0) is 13.8. The van der Waals surface area contributed by atoms with Gasteiger partial charge in [-0.3, -0.25) is 5.41 Å². The third-order valence-electron chi connectivity index (χ3n) is 3.86. The zero-order valence-electron chi connectivity index (χ0n) is 11.8. The van der Waals surface area contributed by atoms with Gasteiger partial charge in [0.1, 0.15) is 5.84 Å². The van der Waals surface area contributed by atoms with E-state index >= 15 is 0 Å². The second-order valence-electron chi connectivity index (χ2n) is 5.27. The summed E-state index contributed by atoms with van der Waals surface area (Å²) in [7, 11) is 1.77. The van der Waals surface area contributed by atoms with E-state index in [2.05, 4.69) is 17.9 Å². The summed E-state index contributed by atoms with van der Waals surface area (Å²) >= 11 is 0. The van der Waals surface area contributed by atoms with E-state index in [9.17, 15) is 0 Å². The Morgan fingerprint density at radius 1 is 1.42 bits per heavy atom. The highest BCUT2D eigenvalue weighted by molar-refractivity contribution is 6.01. The van der Waals surface area contributed by atoms with Crippen molar-refractivity contribution in [2.45, 2.75) is 19.8 Å². The van der Waals surface area contributed by atoms with E-state index in [0.29, 0.717) is 5.92 Å². The van der Waals surface area contributed by atoms with Crippen molar-refractivity contribution in [3.63, 3.8) is 0 Å². The highest BCUT2D eigenvalue weighted by atomic mass is 16.5. The number of hydrogen-bond donors (Lipinski definition) is 2. The summed E-state index contributed by atoms with van der Waals surface area (Å²) in [6.07, 6.45) is 2.28. The minimum atomic E-state index is 0.151. The summed E-state index contributed by atoms with van der Waals surface area (Å²) in [5.41, 5.74) is 8.88. The fourth-order valence-electron chi connectivity index (χ4n) is 2.85. The van der Waals surface area contributed by atoms with Crippen molar-refractivity contribution in [2.75, 3.05) is 31.7 Å². The molecule has 4 heteroatoms. The normalized spacial score (nSPS) is 16.6. The third kappa shape index (κ3) is 3.07. The van der Waals surface area contributed by atoms with Gasteiger partial charge in [-0.15, -0.1) is 0 Å². The van der Waals surface area contributed by atoms with Gasteiger partial charge in [0, 0.05) is 32.4 Å². The van der Waals surface area contributed by atoms with Gasteiger partial charge >= 0.3 is 0 Å². The number of anilines is 1. The van der Waals surface area contributed by atoms with Crippen LogP contribution in [0.3, 0.4) is 0 Å². The van der Waals surface area contributed by atoms with E-state index in [0.717, 1.165) is 43.8 Å². The molecule has 1 saturated heterocycles. The Morgan fingerprint density at radius 2 is 2.11 bits per heavy atom. The number of nitrogens with one attached hydrogen (secondary N) is 1. The number of methoxy groups -OCH3 is 1. The second-order valence-corrected chi connectivity index (χ2v) is 5.27. The van der Waals surface area contributed by atoms with Crippen molar-refractivity contribution in [1.29, 1.82) is 5.41 Å². The molecule has 19 heavy (non-hydrogen) atoms. The van der Waals surface area contributed by atoms with Gasteiger partial charge in [-0.2, -0.15) is 0 Å². The van der Waals surface area contributed by atoms with E-state index in [4.69, 9.17) is 15.9 Å². The van der Waals surface area contributed by atoms with E-state index < -0.39 is 0 Å². The van der Waals surface area contributed by atoms with Crippen molar-refractivity contribution in [3.05, 3.63) is 29.3 Å². The number of hydrogen-bond acceptors (Lipinski definition) is 3. The highest BCUT2D eigenvalue weighted by Gasteiger charge is 2.22. The van der Waals surface area contributed by atoms with E-state index in [-0.39, 0.29) is 5.84 Å². The van der Waals surface area contributed by atoms with Crippen LogP contribution in [-0.2, 0) is 4.74 Å². The fourth-order valence-corrected chi connectivity index (χ4v) is 2.85. The lowest BCUT2D eigenvalue weighted by atomic mass is 9.95. The Kier molecular flexibility index (Phi) is 4.43. The maximum Gasteiger partial charge on any atom is 0.124 e. The van der Waals surface area contributed by atoms with Crippen LogP contribution < -0.4 is 10.6 Å². The van der Waals surface area contributed by atoms with Gasteiger partial charge in [-0.1, -0.05) is 12.1 Å². The molecule has 0 aromatic heterocycles. The lowest BCUT2D eigenvalue weighted by Crippen LogP contribution is -2.36. The Labute approximate surface area is 115 Å². The number of nitrogens with zero attached hydrogens (tertiary/aromatic N) is 1. The van der Waals surface area contributed by atoms with Gasteiger partial charge in [0.15, 0.2) is 0 Å². The van der Waals surface area contributed by atoms with Crippen LogP contribution in [0.4, 0.5) is 5.69 Å². The summed E-state index contributed by atoms with van der Waals surface area (Å²) in [4.78, 5) is 2.36. The van der Waals surface area contributed by atoms with Crippen LogP contribution >= 0.6 is 0 Å². The smallest absolute Gasteiger partial charge is 0.124 e. The molecule has 0 aliphatic carbocycles. The van der Waals surface area contributed by atoms with E-state index in [1.165, 1.54) is 5.56 Å². The number of nitrogen functional groups attached to an aromatic ring is 1. The van der Waals surface area contributed by atoms with Gasteiger partial charge in [-0.05, 0) is 37.3 Å². The number of rotatable bonds is 4. The number of piperidine rings is 1. The average molecular weight is 261 g/mol. The topological polar surface area (TPSA) is 62.3 Å². The summed E-state index contributed by atoms with van der Waals surface area (Å²) in [6, 6.07) is 5.99. The molecule has 0 saturated carbocycles. The first-order valence-corrected chi connectivity index (χ1v) is 6.81. The Morgan fingerprint density at radius 3 is 2.68 bits per heavy atom. The minimum absolute atomic E-state index is 0.151. The standard InChI is InChI=1S/C15H23N3O/c1-11-4-3-5-13(15(16)17)14(11)18-8-6-12(7-9-18)10-19-2/h3-5,12H,6-10H2,1-2H3,(H3,16,17). The van der Waals surface area contributed by atoms with Gasteiger partial charge in [0.2, 0.25) is 0 Å². The molecular formula is C15H23N3O. The van der Waals surface area contributed by atoms with E-state index in [1.54, 1.807) is 7.11 Å². The van der Waals surface area contributed by atoms with Crippen LogP contribution in [0.2, 0.25) is 0 Å². The molecule has 1 aromatic carbocycles. The van der Waals surface area contributed by atoms with Crippen molar-refractivity contribution < 1.29 is 4.74 Å². The molecule has 0 amide bonds. The van der Waals surface area contributed by atoms with Gasteiger partial charge in [0.25, 0.3) is 0 Å². The maximum absolute atomic E-state index is 7.73. The number of amidine groups is 1. The summed E-state index contributed by atoms with van der Waals surface area (Å²) in [5, 5.41) is 7.73. The van der Waals surface area contributed by atoms with Crippen LogP contribution in [0.15, 0.2) is 18.2 Å². The molecule has 4 nitrogen and oxygen atoms in total. The number of aryl methyl sites for hydroxylation is 1. The molecule has 0 spiro atoms. The summed E-state index contributed by atoms with van der Waals surface area (Å²) in [6.45, 7) is 4.96. The van der Waals surface area contributed by atoms with Crippen molar-refractivity contribution >= 4 is 11.5 Å². The molecule has 3 N–H and O–H groups in total. The minimum Gasteiger partial charge on any atom is -0.384 e. The summed E-state index contributed by atoms with van der Waals surface area (Å²) < 4.78 is 5.24. The third-order valence-corrected chi connectivity index (χ3v) is 3.86. The fraction of sp³-hybridized carbons (Fsp3) is 0.533. The van der Waals surface area contributed by atoms with Gasteiger partial charge in [-0.25, -0.2) is 0 Å². The van der Waals surface area contributed by atoms with Crippen molar-refractivity contribution in [2.24, 2.45) is 11.7 Å². The van der Waals surface area contributed by atoms with Crippen LogP contribution in [0.5, 0.6) is 0 Å². The molecule has 2 rings (SSSR count). The average Bonchev–Trinajstić information content (AvgIpc) is 2.40. The Balaban J connectivity index is 2.17. The SMILES string of the molecule is COCC1CCN(c2c(C)cccc2C(=N)N)CC1. The number of benzene rings is 1. The van der Waals surface area contributed by atoms with Crippen molar-refractivity contribution in [3.8, 4) is 0 Å². The first-order chi connectivity index (χ1) is 9.13. The number of nitrogens with two attached hydrogens (primary N) is 1. The molecule has 104 valence electrons. The molecule has 1 heterocycles. The molecule has 1 fully saturated rings. The van der Waals surface area contributed by atoms with Crippen LogP contribution in [0, 0.1) is 18.3 Å².